The highest BCUT2D eigenvalue weighted by atomic mass is 32.1. The van der Waals surface area contributed by atoms with Crippen molar-refractivity contribution in [1.82, 2.24) is 9.88 Å². The van der Waals surface area contributed by atoms with E-state index in [2.05, 4.69) is 4.98 Å². The fourth-order valence-corrected chi connectivity index (χ4v) is 2.80. The maximum absolute atomic E-state index is 12.2. The summed E-state index contributed by atoms with van der Waals surface area (Å²) in [6.07, 6.45) is 1.23. The maximum atomic E-state index is 12.2. The zero-order valence-electron chi connectivity index (χ0n) is 9.34. The number of carbonyl (C=O) groups is 2. The monoisotopic (exact) mass is 255 g/mol. The molecule has 92 valence electrons. The van der Waals surface area contributed by atoms with E-state index in [1.54, 1.807) is 6.92 Å². The van der Waals surface area contributed by atoms with Gasteiger partial charge in [-0.2, -0.15) is 0 Å². The molecule has 17 heavy (non-hydrogen) atoms. The Hall–Kier alpha value is -1.63. The predicted molar refractivity (Wildman–Crippen MR) is 63.0 cm³/mol. The molecular formula is C10H13N3O3S. The van der Waals surface area contributed by atoms with Gasteiger partial charge in [0.05, 0.1) is 5.69 Å². The van der Waals surface area contributed by atoms with Gasteiger partial charge in [0, 0.05) is 6.54 Å². The summed E-state index contributed by atoms with van der Waals surface area (Å²) in [5, 5.41) is 9.35. The van der Waals surface area contributed by atoms with Crippen LogP contribution in [0.3, 0.4) is 0 Å². The Bertz CT molecular complexity index is 471. The van der Waals surface area contributed by atoms with Crippen molar-refractivity contribution in [1.29, 1.82) is 0 Å². The van der Waals surface area contributed by atoms with Crippen molar-refractivity contribution >= 4 is 28.3 Å². The fraction of sp³-hybridized carbons (Fsp3) is 0.500. The number of nitrogen functional groups attached to an aromatic ring is 1. The number of hydrogen-bond acceptors (Lipinski definition) is 5. The van der Waals surface area contributed by atoms with Crippen LogP contribution in [-0.4, -0.2) is 39.5 Å². The maximum Gasteiger partial charge on any atom is 0.326 e. The second-order valence-corrected chi connectivity index (χ2v) is 4.99. The molecule has 1 aliphatic rings. The molecule has 7 heteroatoms. The van der Waals surface area contributed by atoms with Crippen LogP contribution in [0.2, 0.25) is 0 Å². The molecule has 1 saturated heterocycles. The number of carboxylic acid groups (broad SMARTS) is 1. The third-order valence-corrected chi connectivity index (χ3v) is 3.78. The SMILES string of the molecule is Cc1nc(N)sc1C(=O)N1CCC[C@@H]1C(=O)O. The largest absolute Gasteiger partial charge is 0.480 e. The van der Waals surface area contributed by atoms with Crippen LogP contribution >= 0.6 is 11.3 Å². The van der Waals surface area contributed by atoms with Crippen molar-refractivity contribution in [2.24, 2.45) is 0 Å². The Morgan fingerprint density at radius 1 is 1.59 bits per heavy atom. The zero-order valence-corrected chi connectivity index (χ0v) is 10.2. The van der Waals surface area contributed by atoms with E-state index in [1.165, 1.54) is 4.90 Å². The lowest BCUT2D eigenvalue weighted by atomic mass is 10.2. The molecule has 1 amide bonds. The number of likely N-dealkylation sites (tertiary alicyclic amines) is 1. The van der Waals surface area contributed by atoms with E-state index >= 15 is 0 Å². The summed E-state index contributed by atoms with van der Waals surface area (Å²) in [5.41, 5.74) is 6.09. The predicted octanol–water partition coefficient (Wildman–Crippen LogP) is 0.723. The molecule has 1 fully saturated rings. The molecule has 1 atom stereocenters. The molecular weight excluding hydrogens is 242 g/mol. The number of nitrogens with zero attached hydrogens (tertiary/aromatic N) is 2. The van der Waals surface area contributed by atoms with Gasteiger partial charge >= 0.3 is 5.97 Å². The van der Waals surface area contributed by atoms with E-state index in [0.29, 0.717) is 28.7 Å². The fourth-order valence-electron chi connectivity index (χ4n) is 2.01. The minimum absolute atomic E-state index is 0.276. The van der Waals surface area contributed by atoms with E-state index in [-0.39, 0.29) is 5.91 Å². The van der Waals surface area contributed by atoms with E-state index in [1.807, 2.05) is 0 Å². The molecule has 0 saturated carbocycles. The minimum atomic E-state index is -0.953. The number of aromatic nitrogens is 1. The lowest BCUT2D eigenvalue weighted by Gasteiger charge is -2.20. The van der Waals surface area contributed by atoms with Gasteiger partial charge in [-0.25, -0.2) is 9.78 Å². The number of aryl methyl sites for hydroxylation is 1. The Labute approximate surface area is 102 Å². The quantitative estimate of drug-likeness (QED) is 0.811. The average molecular weight is 255 g/mol. The Morgan fingerprint density at radius 3 is 2.82 bits per heavy atom. The number of hydrogen-bond donors (Lipinski definition) is 2. The Kier molecular flexibility index (Phi) is 3.01. The number of nitrogens with two attached hydrogens (primary N) is 1. The van der Waals surface area contributed by atoms with Gasteiger partial charge in [-0.3, -0.25) is 4.79 Å². The second-order valence-electron chi connectivity index (χ2n) is 3.96. The summed E-state index contributed by atoms with van der Waals surface area (Å²) in [5.74, 6) is -1.23. The molecule has 0 spiro atoms. The summed E-state index contributed by atoms with van der Waals surface area (Å²) >= 11 is 1.11. The Balaban J connectivity index is 2.25. The van der Waals surface area contributed by atoms with Gasteiger partial charge in [-0.1, -0.05) is 11.3 Å². The van der Waals surface area contributed by atoms with Gasteiger partial charge in [-0.15, -0.1) is 0 Å². The first-order chi connectivity index (χ1) is 8.00. The van der Waals surface area contributed by atoms with Crippen molar-refractivity contribution in [3.8, 4) is 0 Å². The molecule has 1 aliphatic heterocycles. The molecule has 0 radical (unpaired) electrons. The topological polar surface area (TPSA) is 96.5 Å². The molecule has 0 bridgehead atoms. The number of thiazole rings is 1. The van der Waals surface area contributed by atoms with Crippen molar-refractivity contribution in [3.63, 3.8) is 0 Å². The normalized spacial score (nSPS) is 19.6. The first-order valence-corrected chi connectivity index (χ1v) is 6.09. The van der Waals surface area contributed by atoms with Gasteiger partial charge in [0.1, 0.15) is 10.9 Å². The summed E-state index contributed by atoms with van der Waals surface area (Å²) in [7, 11) is 0. The van der Waals surface area contributed by atoms with Crippen LogP contribution in [0.15, 0.2) is 0 Å². The number of anilines is 1. The lowest BCUT2D eigenvalue weighted by molar-refractivity contribution is -0.141. The molecule has 2 rings (SSSR count). The summed E-state index contributed by atoms with van der Waals surface area (Å²) in [6, 6.07) is -0.717. The van der Waals surface area contributed by atoms with Gasteiger partial charge in [-0.05, 0) is 19.8 Å². The number of amides is 1. The van der Waals surface area contributed by atoms with E-state index in [4.69, 9.17) is 10.8 Å². The highest BCUT2D eigenvalue weighted by molar-refractivity contribution is 7.17. The van der Waals surface area contributed by atoms with Crippen LogP contribution in [0, 0.1) is 6.92 Å². The number of carbonyl (C=O) groups excluding carboxylic acids is 1. The smallest absolute Gasteiger partial charge is 0.326 e. The van der Waals surface area contributed by atoms with Crippen molar-refractivity contribution in [3.05, 3.63) is 10.6 Å². The van der Waals surface area contributed by atoms with Crippen LogP contribution in [0.1, 0.15) is 28.2 Å². The van der Waals surface area contributed by atoms with Crippen LogP contribution in [0.25, 0.3) is 0 Å². The number of aliphatic carboxylic acids is 1. The molecule has 2 heterocycles. The highest BCUT2D eigenvalue weighted by Crippen LogP contribution is 2.26. The summed E-state index contributed by atoms with van der Waals surface area (Å²) < 4.78 is 0. The van der Waals surface area contributed by atoms with Crippen molar-refractivity contribution in [2.75, 3.05) is 12.3 Å². The molecule has 1 aromatic rings. The first kappa shape index (κ1) is 11.8. The molecule has 1 aromatic heterocycles. The molecule has 0 unspecified atom stereocenters. The van der Waals surface area contributed by atoms with Crippen molar-refractivity contribution < 1.29 is 14.7 Å². The third kappa shape index (κ3) is 2.10. The highest BCUT2D eigenvalue weighted by Gasteiger charge is 2.35. The molecule has 6 nitrogen and oxygen atoms in total. The summed E-state index contributed by atoms with van der Waals surface area (Å²) in [6.45, 7) is 2.18. The van der Waals surface area contributed by atoms with Crippen LogP contribution in [-0.2, 0) is 4.79 Å². The van der Waals surface area contributed by atoms with Gasteiger partial charge in [0.2, 0.25) is 0 Å². The van der Waals surface area contributed by atoms with E-state index in [9.17, 15) is 9.59 Å². The Morgan fingerprint density at radius 2 is 2.29 bits per heavy atom. The molecule has 3 N–H and O–H groups in total. The molecule has 0 aromatic carbocycles. The standard InChI is InChI=1S/C10H13N3O3S/c1-5-7(17-10(11)12-5)8(14)13-4-2-3-6(13)9(15)16/h6H,2-4H2,1H3,(H2,11,12)(H,15,16)/t6-/m1/s1. The van der Waals surface area contributed by atoms with Gasteiger partial charge < -0.3 is 15.7 Å². The third-order valence-electron chi connectivity index (χ3n) is 2.81. The average Bonchev–Trinajstić information content (AvgIpc) is 2.83. The first-order valence-electron chi connectivity index (χ1n) is 5.27. The number of rotatable bonds is 2. The van der Waals surface area contributed by atoms with Crippen molar-refractivity contribution in [2.45, 2.75) is 25.8 Å². The van der Waals surface area contributed by atoms with Crippen LogP contribution in [0.4, 0.5) is 5.13 Å². The number of carboxylic acids is 1. The van der Waals surface area contributed by atoms with Crippen LogP contribution in [0.5, 0.6) is 0 Å². The van der Waals surface area contributed by atoms with E-state index < -0.39 is 12.0 Å². The summed E-state index contributed by atoms with van der Waals surface area (Å²) in [4.78, 5) is 29.0. The van der Waals surface area contributed by atoms with Gasteiger partial charge in [0.15, 0.2) is 5.13 Å². The molecule has 0 aliphatic carbocycles. The lowest BCUT2D eigenvalue weighted by Crippen LogP contribution is -2.40. The zero-order chi connectivity index (χ0) is 12.6. The second kappa shape index (κ2) is 4.33. The van der Waals surface area contributed by atoms with E-state index in [0.717, 1.165) is 17.8 Å². The minimum Gasteiger partial charge on any atom is -0.480 e. The van der Waals surface area contributed by atoms with Gasteiger partial charge in [0.25, 0.3) is 5.91 Å². The van der Waals surface area contributed by atoms with Crippen LogP contribution < -0.4 is 5.73 Å².